The third-order valence-corrected chi connectivity index (χ3v) is 7.11. The SMILES string of the molecule is CCCC[IH]C(=O)OCCCCCc1ccccc1C.OC1(O)CCCC1. The Labute approximate surface area is 175 Å². The van der Waals surface area contributed by atoms with Gasteiger partial charge in [0.15, 0.2) is 5.79 Å². The number of carbonyl (C=O) groups excluding carboxylic acids is 1. The van der Waals surface area contributed by atoms with Crippen molar-refractivity contribution in [3.05, 3.63) is 35.4 Å². The number of hydrogen-bond acceptors (Lipinski definition) is 4. The van der Waals surface area contributed by atoms with Crippen LogP contribution >= 0.6 is 21.2 Å². The Kier molecular flexibility index (Phi) is 13.0. The molecule has 2 N–H and O–H groups in total. The molecule has 4 nitrogen and oxygen atoms in total. The molecule has 0 heterocycles. The van der Waals surface area contributed by atoms with Crippen molar-refractivity contribution < 1.29 is 19.7 Å². The summed E-state index contributed by atoms with van der Waals surface area (Å²) in [4.78, 5) is 11.5. The number of carbonyl (C=O) groups is 1. The molecule has 0 aromatic heterocycles. The van der Waals surface area contributed by atoms with Gasteiger partial charge in [-0.25, -0.2) is 0 Å². The van der Waals surface area contributed by atoms with Gasteiger partial charge in [0.1, 0.15) is 0 Å². The van der Waals surface area contributed by atoms with Gasteiger partial charge in [0, 0.05) is 12.8 Å². The summed E-state index contributed by atoms with van der Waals surface area (Å²) in [5.41, 5.74) is 2.82. The van der Waals surface area contributed by atoms with E-state index in [1.165, 1.54) is 30.4 Å². The minimum atomic E-state index is -1.31. The van der Waals surface area contributed by atoms with Crippen LogP contribution in [0, 0.1) is 6.92 Å². The fourth-order valence-electron chi connectivity index (χ4n) is 2.92. The minimum absolute atomic E-state index is 0.0998. The largest absolute Gasteiger partial charge is 0.366 e. The maximum absolute atomic E-state index is 11.5. The Bertz CT molecular complexity index is 523. The van der Waals surface area contributed by atoms with Crippen LogP contribution in [-0.2, 0) is 11.2 Å². The molecule has 0 unspecified atom stereocenters. The molecule has 0 radical (unpaired) electrons. The minimum Gasteiger partial charge on any atom is -0.366 e. The molecule has 1 aromatic rings. The van der Waals surface area contributed by atoms with Gasteiger partial charge in [-0.3, -0.25) is 0 Å². The number of benzene rings is 1. The fraction of sp³-hybridized carbons (Fsp3) is 0.682. The maximum Gasteiger partial charge on any atom is 0.162 e. The Balaban J connectivity index is 0.000000433. The van der Waals surface area contributed by atoms with Crippen LogP contribution < -0.4 is 0 Å². The molecular formula is C22H37IO4. The monoisotopic (exact) mass is 492 g/mol. The summed E-state index contributed by atoms with van der Waals surface area (Å²) >= 11 is -0.546. The van der Waals surface area contributed by atoms with E-state index in [0.29, 0.717) is 19.4 Å². The summed E-state index contributed by atoms with van der Waals surface area (Å²) in [6.07, 6.45) is 9.85. The van der Waals surface area contributed by atoms with E-state index in [0.717, 1.165) is 36.5 Å². The van der Waals surface area contributed by atoms with Crippen molar-refractivity contribution in [2.24, 2.45) is 0 Å². The molecule has 1 aromatic carbocycles. The Morgan fingerprint density at radius 3 is 2.41 bits per heavy atom. The number of rotatable bonds is 10. The van der Waals surface area contributed by atoms with Crippen molar-refractivity contribution >= 4 is 25.2 Å². The molecule has 1 aliphatic rings. The van der Waals surface area contributed by atoms with Gasteiger partial charge in [0.25, 0.3) is 0 Å². The van der Waals surface area contributed by atoms with Crippen LogP contribution in [0.1, 0.15) is 75.8 Å². The average Bonchev–Trinajstić information content (AvgIpc) is 3.04. The molecule has 1 fully saturated rings. The molecule has 1 saturated carbocycles. The molecule has 5 heteroatoms. The molecule has 0 bridgehead atoms. The van der Waals surface area contributed by atoms with Crippen molar-refractivity contribution in [3.8, 4) is 0 Å². The molecule has 1 aliphatic carbocycles. The topological polar surface area (TPSA) is 66.8 Å². The molecule has 0 aliphatic heterocycles. The quantitative estimate of drug-likeness (QED) is 0.147. The molecule has 0 atom stereocenters. The summed E-state index contributed by atoms with van der Waals surface area (Å²) < 4.78 is 6.47. The number of hydrogen-bond donors (Lipinski definition) is 2. The maximum atomic E-state index is 11.5. The number of alkyl halides is 1. The smallest absolute Gasteiger partial charge is 0.162 e. The zero-order valence-electron chi connectivity index (χ0n) is 16.9. The summed E-state index contributed by atoms with van der Waals surface area (Å²) in [6, 6.07) is 8.55. The van der Waals surface area contributed by atoms with Crippen LogP contribution in [0.25, 0.3) is 0 Å². The van der Waals surface area contributed by atoms with Crippen molar-refractivity contribution in [1.29, 1.82) is 0 Å². The van der Waals surface area contributed by atoms with Crippen LogP contribution in [-0.4, -0.2) is 31.0 Å². The van der Waals surface area contributed by atoms with E-state index >= 15 is 0 Å². The Hall–Kier alpha value is -0.660. The van der Waals surface area contributed by atoms with E-state index in [1.807, 2.05) is 0 Å². The van der Waals surface area contributed by atoms with Gasteiger partial charge in [-0.1, -0.05) is 0 Å². The second-order valence-electron chi connectivity index (χ2n) is 7.23. The molecule has 0 saturated heterocycles. The number of unbranched alkanes of at least 4 members (excludes halogenated alkanes) is 3. The zero-order chi connectivity index (χ0) is 20.0. The van der Waals surface area contributed by atoms with Gasteiger partial charge >= 0.3 is 134 Å². The number of ether oxygens (including phenoxy) is 1. The predicted molar refractivity (Wildman–Crippen MR) is 121 cm³/mol. The van der Waals surface area contributed by atoms with Crippen LogP contribution in [0.5, 0.6) is 0 Å². The van der Waals surface area contributed by atoms with Gasteiger partial charge in [-0.05, 0) is 12.8 Å². The van der Waals surface area contributed by atoms with Crippen LogP contribution in [0.3, 0.4) is 0 Å². The first kappa shape index (κ1) is 24.4. The predicted octanol–water partition coefficient (Wildman–Crippen LogP) is 5.59. The second-order valence-corrected chi connectivity index (χ2v) is 10.2. The van der Waals surface area contributed by atoms with E-state index in [9.17, 15) is 4.79 Å². The van der Waals surface area contributed by atoms with Gasteiger partial charge in [-0.2, -0.15) is 0 Å². The van der Waals surface area contributed by atoms with Crippen molar-refractivity contribution in [1.82, 2.24) is 0 Å². The van der Waals surface area contributed by atoms with Crippen molar-refractivity contribution in [3.63, 3.8) is 0 Å². The first-order valence-electron chi connectivity index (χ1n) is 10.2. The first-order chi connectivity index (χ1) is 12.9. The van der Waals surface area contributed by atoms with Crippen LogP contribution in [0.15, 0.2) is 24.3 Å². The first-order valence-corrected chi connectivity index (χ1v) is 13.0. The molecule has 0 amide bonds. The van der Waals surface area contributed by atoms with E-state index in [2.05, 4.69) is 38.1 Å². The third-order valence-electron chi connectivity index (χ3n) is 4.69. The summed E-state index contributed by atoms with van der Waals surface area (Å²) in [5.74, 6) is -1.31. The molecule has 27 heavy (non-hydrogen) atoms. The molecule has 156 valence electrons. The van der Waals surface area contributed by atoms with E-state index < -0.39 is 27.0 Å². The number of halogens is 1. The van der Waals surface area contributed by atoms with E-state index in [4.69, 9.17) is 14.9 Å². The van der Waals surface area contributed by atoms with Gasteiger partial charge in [0.05, 0.1) is 0 Å². The molecular weight excluding hydrogens is 455 g/mol. The van der Waals surface area contributed by atoms with Crippen LogP contribution in [0.2, 0.25) is 0 Å². The summed E-state index contributed by atoms with van der Waals surface area (Å²) in [5, 5.41) is 17.5. The molecule has 0 spiro atoms. The van der Waals surface area contributed by atoms with Gasteiger partial charge < -0.3 is 10.2 Å². The number of aliphatic hydroxyl groups is 2. The average molecular weight is 492 g/mol. The normalized spacial score (nSPS) is 15.3. The standard InChI is InChI=1S/C17H27IO2.C5H10O2/c1-3-4-13-18-17(19)20-14-9-5-6-11-16-12-8-7-10-15(16)2;6-5(7)3-1-2-4-5/h7-8,10,12,18H,3-6,9,11,13-14H2,1-2H3;6-7H,1-4H2. The summed E-state index contributed by atoms with van der Waals surface area (Å²) in [7, 11) is 0. The fourth-order valence-corrected chi connectivity index (χ4v) is 5.11. The van der Waals surface area contributed by atoms with Gasteiger partial charge in [-0.15, -0.1) is 0 Å². The Morgan fingerprint density at radius 1 is 1.11 bits per heavy atom. The van der Waals surface area contributed by atoms with Gasteiger partial charge in [0.2, 0.25) is 0 Å². The van der Waals surface area contributed by atoms with Crippen LogP contribution in [0.4, 0.5) is 4.79 Å². The van der Waals surface area contributed by atoms with Crippen molar-refractivity contribution in [2.75, 3.05) is 11.0 Å². The second kappa shape index (κ2) is 14.4. The number of aryl methyl sites for hydroxylation is 2. The summed E-state index contributed by atoms with van der Waals surface area (Å²) in [6.45, 7) is 4.94. The van der Waals surface area contributed by atoms with Crippen molar-refractivity contribution in [2.45, 2.75) is 83.8 Å². The van der Waals surface area contributed by atoms with E-state index in [-0.39, 0.29) is 3.98 Å². The zero-order valence-corrected chi connectivity index (χ0v) is 19.2. The molecule has 2 rings (SSSR count). The van der Waals surface area contributed by atoms with E-state index in [1.54, 1.807) is 0 Å². The Morgan fingerprint density at radius 2 is 1.81 bits per heavy atom. The third kappa shape index (κ3) is 12.4.